The molecule has 130 valence electrons. The van der Waals surface area contributed by atoms with Crippen molar-refractivity contribution in [1.82, 2.24) is 25.0 Å². The molecule has 0 unspecified atom stereocenters. The van der Waals surface area contributed by atoms with Gasteiger partial charge in [-0.1, -0.05) is 29.4 Å². The van der Waals surface area contributed by atoms with Gasteiger partial charge >= 0.3 is 11.8 Å². The molecule has 4 aromatic rings. The first-order valence-electron chi connectivity index (χ1n) is 7.97. The second kappa shape index (κ2) is 7.06. The quantitative estimate of drug-likeness (QED) is 0.574. The van der Waals surface area contributed by atoms with E-state index >= 15 is 0 Å². The van der Waals surface area contributed by atoms with Gasteiger partial charge in [0.05, 0.1) is 19.1 Å². The van der Waals surface area contributed by atoms with Crippen molar-refractivity contribution >= 4 is 5.91 Å². The van der Waals surface area contributed by atoms with Crippen LogP contribution in [0, 0.1) is 0 Å². The first kappa shape index (κ1) is 15.8. The van der Waals surface area contributed by atoms with Crippen LogP contribution in [0.25, 0.3) is 11.4 Å². The Morgan fingerprint density at radius 2 is 2.08 bits per heavy atom. The van der Waals surface area contributed by atoms with E-state index in [1.165, 1.54) is 0 Å². The molecule has 0 bridgehead atoms. The Morgan fingerprint density at radius 1 is 1.19 bits per heavy atom. The van der Waals surface area contributed by atoms with Gasteiger partial charge in [0.1, 0.15) is 5.76 Å². The first-order valence-corrected chi connectivity index (χ1v) is 7.97. The molecule has 8 heteroatoms. The summed E-state index contributed by atoms with van der Waals surface area (Å²) in [6.07, 6.45) is 6.95. The number of hydrogen-bond acceptors (Lipinski definition) is 6. The maximum absolute atomic E-state index is 12.1. The van der Waals surface area contributed by atoms with Gasteiger partial charge in [-0.3, -0.25) is 4.79 Å². The van der Waals surface area contributed by atoms with Crippen LogP contribution in [0.5, 0.6) is 0 Å². The van der Waals surface area contributed by atoms with Crippen molar-refractivity contribution in [1.29, 1.82) is 0 Å². The summed E-state index contributed by atoms with van der Waals surface area (Å²) in [5.41, 5.74) is 1.89. The van der Waals surface area contributed by atoms with Crippen molar-refractivity contribution in [2.45, 2.75) is 13.1 Å². The van der Waals surface area contributed by atoms with Crippen LogP contribution in [-0.4, -0.2) is 25.6 Å². The Balaban J connectivity index is 1.41. The van der Waals surface area contributed by atoms with Crippen LogP contribution in [-0.2, 0) is 13.1 Å². The van der Waals surface area contributed by atoms with Crippen LogP contribution in [0.4, 0.5) is 0 Å². The zero-order valence-electron chi connectivity index (χ0n) is 13.7. The number of carbonyl (C=O) groups is 1. The number of aromatic nitrogens is 4. The molecule has 8 nitrogen and oxygen atoms in total. The highest BCUT2D eigenvalue weighted by Crippen LogP contribution is 2.17. The zero-order valence-corrected chi connectivity index (χ0v) is 13.7. The Morgan fingerprint density at radius 3 is 2.81 bits per heavy atom. The Kier molecular flexibility index (Phi) is 4.29. The van der Waals surface area contributed by atoms with Crippen LogP contribution in [0.15, 0.2) is 70.3 Å². The summed E-state index contributed by atoms with van der Waals surface area (Å²) in [6.45, 7) is 0.986. The number of benzene rings is 1. The van der Waals surface area contributed by atoms with Crippen LogP contribution in [0.1, 0.15) is 22.0 Å². The average Bonchev–Trinajstić information content (AvgIpc) is 3.42. The molecule has 3 heterocycles. The number of rotatable bonds is 6. The lowest BCUT2D eigenvalue weighted by Gasteiger charge is -2.02. The fourth-order valence-electron chi connectivity index (χ4n) is 2.44. The maximum Gasteiger partial charge on any atom is 0.316 e. The summed E-state index contributed by atoms with van der Waals surface area (Å²) in [5.74, 6) is 0.472. The third kappa shape index (κ3) is 3.54. The Labute approximate surface area is 148 Å². The summed E-state index contributed by atoms with van der Waals surface area (Å²) in [4.78, 5) is 20.2. The largest absolute Gasteiger partial charge is 0.467 e. The van der Waals surface area contributed by atoms with Crippen LogP contribution < -0.4 is 5.32 Å². The van der Waals surface area contributed by atoms with Crippen molar-refractivity contribution in [2.75, 3.05) is 0 Å². The molecule has 0 saturated heterocycles. The molecular weight excluding hydrogens is 334 g/mol. The number of nitrogens with zero attached hydrogens (tertiary/aromatic N) is 4. The second-order valence-electron chi connectivity index (χ2n) is 5.62. The van der Waals surface area contributed by atoms with Gasteiger partial charge in [-0.2, -0.15) is 4.98 Å². The van der Waals surface area contributed by atoms with Crippen molar-refractivity contribution in [3.05, 3.63) is 78.6 Å². The highest BCUT2D eigenvalue weighted by atomic mass is 16.5. The number of hydrogen-bond donors (Lipinski definition) is 1. The van der Waals surface area contributed by atoms with Gasteiger partial charge in [0, 0.05) is 24.5 Å². The van der Waals surface area contributed by atoms with E-state index in [2.05, 4.69) is 20.4 Å². The molecule has 1 N–H and O–H groups in total. The monoisotopic (exact) mass is 349 g/mol. The highest BCUT2D eigenvalue weighted by molar-refractivity contribution is 5.89. The minimum Gasteiger partial charge on any atom is -0.467 e. The van der Waals surface area contributed by atoms with E-state index in [-0.39, 0.29) is 12.4 Å². The molecule has 1 aromatic carbocycles. The van der Waals surface area contributed by atoms with E-state index in [1.807, 2.05) is 35.0 Å². The average molecular weight is 349 g/mol. The SMILES string of the molecule is O=C(NCc1ccco1)c1nc(-c2ccc(Cn3ccnc3)cc2)no1. The predicted octanol–water partition coefficient (Wildman–Crippen LogP) is 2.50. The number of nitrogens with one attached hydrogen (secondary N) is 1. The summed E-state index contributed by atoms with van der Waals surface area (Å²) >= 11 is 0. The normalized spacial score (nSPS) is 10.8. The van der Waals surface area contributed by atoms with Crippen LogP contribution in [0.3, 0.4) is 0 Å². The third-order valence-corrected chi connectivity index (χ3v) is 3.76. The van der Waals surface area contributed by atoms with E-state index in [0.717, 1.165) is 17.7 Å². The predicted molar refractivity (Wildman–Crippen MR) is 90.9 cm³/mol. The molecule has 0 spiro atoms. The lowest BCUT2D eigenvalue weighted by Crippen LogP contribution is -2.22. The van der Waals surface area contributed by atoms with Crippen molar-refractivity contribution in [3.8, 4) is 11.4 Å². The van der Waals surface area contributed by atoms with Crippen LogP contribution >= 0.6 is 0 Å². The van der Waals surface area contributed by atoms with E-state index in [0.29, 0.717) is 11.6 Å². The Bertz CT molecular complexity index is 972. The minimum absolute atomic E-state index is 0.0888. The zero-order chi connectivity index (χ0) is 17.8. The number of amides is 1. The third-order valence-electron chi connectivity index (χ3n) is 3.76. The van der Waals surface area contributed by atoms with Gasteiger partial charge in [0.2, 0.25) is 5.82 Å². The van der Waals surface area contributed by atoms with Crippen molar-refractivity contribution < 1.29 is 13.7 Å². The molecule has 3 aromatic heterocycles. The van der Waals surface area contributed by atoms with Gasteiger partial charge in [0.15, 0.2) is 0 Å². The van der Waals surface area contributed by atoms with E-state index in [9.17, 15) is 4.79 Å². The topological polar surface area (TPSA) is 99.0 Å². The number of furan rings is 1. The summed E-state index contributed by atoms with van der Waals surface area (Å²) in [5, 5.41) is 6.53. The van der Waals surface area contributed by atoms with Gasteiger partial charge in [0.25, 0.3) is 0 Å². The van der Waals surface area contributed by atoms with Gasteiger partial charge < -0.3 is 18.8 Å². The molecule has 26 heavy (non-hydrogen) atoms. The molecule has 0 aliphatic carbocycles. The van der Waals surface area contributed by atoms with Gasteiger partial charge in [-0.25, -0.2) is 4.98 Å². The molecule has 0 radical (unpaired) electrons. The summed E-state index contributed by atoms with van der Waals surface area (Å²) in [6, 6.07) is 11.3. The second-order valence-corrected chi connectivity index (χ2v) is 5.62. The van der Waals surface area contributed by atoms with Crippen molar-refractivity contribution in [3.63, 3.8) is 0 Å². The summed E-state index contributed by atoms with van der Waals surface area (Å²) in [7, 11) is 0. The molecule has 0 saturated carbocycles. The lowest BCUT2D eigenvalue weighted by molar-refractivity contribution is 0.0904. The fourth-order valence-corrected chi connectivity index (χ4v) is 2.44. The van der Waals surface area contributed by atoms with Gasteiger partial charge in [-0.05, 0) is 17.7 Å². The molecule has 4 rings (SSSR count). The summed E-state index contributed by atoms with van der Waals surface area (Å²) < 4.78 is 12.2. The first-order chi connectivity index (χ1) is 12.8. The Hall–Kier alpha value is -3.68. The van der Waals surface area contributed by atoms with Crippen molar-refractivity contribution in [2.24, 2.45) is 0 Å². The van der Waals surface area contributed by atoms with Crippen LogP contribution in [0.2, 0.25) is 0 Å². The minimum atomic E-state index is -0.447. The maximum atomic E-state index is 12.1. The van der Waals surface area contributed by atoms with Gasteiger partial charge in [-0.15, -0.1) is 0 Å². The van der Waals surface area contributed by atoms with E-state index < -0.39 is 5.91 Å². The molecule has 0 atom stereocenters. The molecule has 0 aliphatic heterocycles. The molecule has 1 amide bonds. The standard InChI is InChI=1S/C18H15N5O3/c24-17(20-10-15-2-1-9-25-15)18-21-16(22-26-18)14-5-3-13(4-6-14)11-23-8-7-19-12-23/h1-9,12H,10-11H2,(H,20,24). The molecule has 0 aliphatic rings. The van der Waals surface area contributed by atoms with E-state index in [4.69, 9.17) is 8.94 Å². The lowest BCUT2D eigenvalue weighted by atomic mass is 10.1. The molecule has 0 fully saturated rings. The highest BCUT2D eigenvalue weighted by Gasteiger charge is 2.16. The fraction of sp³-hybridized carbons (Fsp3) is 0.111. The van der Waals surface area contributed by atoms with E-state index in [1.54, 1.807) is 30.9 Å². The number of carbonyl (C=O) groups excluding carboxylic acids is 1. The molecular formula is C18H15N5O3. The smallest absolute Gasteiger partial charge is 0.316 e. The number of imidazole rings is 1.